The third-order valence-corrected chi connectivity index (χ3v) is 13.5. The maximum atomic E-state index is 11.6. The van der Waals surface area contributed by atoms with E-state index in [1.807, 2.05) is 40.7 Å². The molecule has 1 fully saturated rings. The molecule has 1 saturated carbocycles. The van der Waals surface area contributed by atoms with Gasteiger partial charge in [-0.2, -0.15) is 25.3 Å². The van der Waals surface area contributed by atoms with Crippen LogP contribution in [0.15, 0.2) is 120 Å². The normalized spacial score (nSPS) is 12.4. The number of aryl methyl sites for hydroxylation is 1. The number of urea groups is 6. The number of methoxy groups -OCH3 is 2. The van der Waals surface area contributed by atoms with Gasteiger partial charge in [-0.25, -0.2) is 38.6 Å². The molecule has 5 aromatic rings. The number of hydrogen-bond donors (Lipinski definition) is 12. The third kappa shape index (κ3) is 30.2. The molecular weight excluding hydrogens is 1330 g/mol. The van der Waals surface area contributed by atoms with Gasteiger partial charge in [0.05, 0.1) is 59.2 Å². The van der Waals surface area contributed by atoms with Crippen LogP contribution in [-0.2, 0) is 9.47 Å². The summed E-state index contributed by atoms with van der Waals surface area (Å²) >= 11 is 14.7. The average molecular weight is 1420 g/mol. The molecule has 28 nitrogen and oxygen atoms in total. The Bertz CT molecular complexity index is 3090. The lowest BCUT2D eigenvalue weighted by Gasteiger charge is -2.35. The Kier molecular flexibility index (Phi) is 41.7. The maximum Gasteiger partial charge on any atom is 0.346 e. The summed E-state index contributed by atoms with van der Waals surface area (Å²) in [5.74, 6) is -0.00421. The van der Waals surface area contributed by atoms with Crippen molar-refractivity contribution in [1.29, 1.82) is 0 Å². The number of hydroxylamine groups is 7. The van der Waals surface area contributed by atoms with Crippen molar-refractivity contribution in [3.8, 4) is 5.75 Å². The number of carbonyl (C=O) groups is 7. The predicted molar refractivity (Wildman–Crippen MR) is 363 cm³/mol. The van der Waals surface area contributed by atoms with Crippen LogP contribution in [0.3, 0.4) is 0 Å². The number of ether oxygens (including phenoxy) is 3. The highest BCUT2D eigenvalue weighted by Crippen LogP contribution is 2.30. The van der Waals surface area contributed by atoms with Gasteiger partial charge in [0.2, 0.25) is 0 Å². The topological polar surface area (TPSA) is 360 Å². The van der Waals surface area contributed by atoms with Crippen molar-refractivity contribution >= 4 is 110 Å². The summed E-state index contributed by atoms with van der Waals surface area (Å²) in [4.78, 5) is 79.7. The predicted octanol–water partition coefficient (Wildman–Crippen LogP) is 13.2. The number of hydrogen-bond acceptors (Lipinski definition) is 16. The van der Waals surface area contributed by atoms with Crippen LogP contribution in [0, 0.1) is 6.92 Å². The van der Waals surface area contributed by atoms with Crippen LogP contribution in [0.2, 0.25) is 10.0 Å². The minimum Gasteiger partial charge on any atom is -0.494 e. The average Bonchev–Trinajstić information content (AvgIpc) is 1.51. The summed E-state index contributed by atoms with van der Waals surface area (Å²) < 4.78 is 15.8. The van der Waals surface area contributed by atoms with E-state index in [9.17, 15) is 64.8 Å². The second kappa shape index (κ2) is 46.8. The smallest absolute Gasteiger partial charge is 0.346 e. The Morgan fingerprint density at radius 1 is 0.553 bits per heavy atom. The standard InChI is InChI=1S/C12H16N2O4.C11H16N2O3.C11H22N2O3.C11H16N2O2.C9H11BrN2O2.C9H10Cl2N2O2/c1-3-13-12(16)14(17)10-7-5-9(6-8-10)11(15)18-4-2;1-8(2)12-11(14)13(15)9-6-4-5-7-10(9)16-3;1-3-8-12-11(14)13(15)9-6-4-5-7-10(9)16-2;1-3-7-12-11(14)13(15)10-6-4-5-9(2)8-10;1-2-11-9(13)12(14)8-6-4-3-5-7(8)10;1-2-12-9(14)13(15)8-5-6(10)3-4-7(8)11/h5-8,17H,3-4H2,1-2H3,(H,13,16);4-8,15H,1-3H3,(H,12,14);9-10,15H,3-8H2,1-2H3,(H,12,14);4-6,8,15H,3,7H2,1-2H3,(H,12,14);3-6,14H,2H2,1H3,(H,11,13);3-5,15H,2H2,1H3,(H,12,14). The molecule has 1 aliphatic rings. The van der Waals surface area contributed by atoms with Crippen LogP contribution in [0.5, 0.6) is 5.75 Å². The molecule has 6 rings (SSSR count). The summed E-state index contributed by atoms with van der Waals surface area (Å²) in [7, 11) is 3.10. The van der Waals surface area contributed by atoms with Gasteiger partial charge in [-0.1, -0.05) is 86.3 Å². The first-order chi connectivity index (χ1) is 44.7. The molecule has 520 valence electrons. The number of halogens is 3. The van der Waals surface area contributed by atoms with Crippen LogP contribution in [0.4, 0.5) is 57.2 Å². The zero-order valence-electron chi connectivity index (χ0n) is 54.8. The molecule has 1 aliphatic carbocycles. The van der Waals surface area contributed by atoms with Crippen LogP contribution in [-0.4, -0.2) is 150 Å². The van der Waals surface area contributed by atoms with Gasteiger partial charge in [-0.05, 0) is 175 Å². The first kappa shape index (κ1) is 83.8. The van der Waals surface area contributed by atoms with E-state index in [-0.39, 0.29) is 34.6 Å². The Balaban J connectivity index is 0.000000565. The SMILES string of the molecule is CCCNC(=O)N(O)C1CCCCC1OC.CCCNC(=O)N(O)c1cccc(C)c1.CCNC(=O)N(O)c1cc(Cl)ccc1Cl.CCNC(=O)N(O)c1ccc(C(=O)OCC)cc1.CCNC(=O)N(O)c1ccccc1Br.COc1ccccc1N(O)C(=O)NC(C)C. The molecular formula is C63H91BrCl2N12O16. The molecule has 0 aromatic heterocycles. The Morgan fingerprint density at radius 2 is 1.05 bits per heavy atom. The molecule has 0 bridgehead atoms. The van der Waals surface area contributed by atoms with E-state index in [0.717, 1.165) is 49.2 Å². The van der Waals surface area contributed by atoms with E-state index in [1.54, 1.807) is 108 Å². The van der Waals surface area contributed by atoms with Gasteiger partial charge >= 0.3 is 42.2 Å². The Labute approximate surface area is 567 Å². The number of benzene rings is 5. The molecule has 0 aliphatic heterocycles. The molecule has 12 N–H and O–H groups in total. The molecule has 2 atom stereocenters. The van der Waals surface area contributed by atoms with Crippen LogP contribution in [0.25, 0.3) is 0 Å². The zero-order valence-corrected chi connectivity index (χ0v) is 57.9. The first-order valence-corrected chi connectivity index (χ1v) is 31.6. The minimum absolute atomic E-state index is 0.0446. The van der Waals surface area contributed by atoms with Crippen LogP contribution >= 0.6 is 39.1 Å². The van der Waals surface area contributed by atoms with Gasteiger partial charge in [0, 0.05) is 55.4 Å². The second-order valence-electron chi connectivity index (χ2n) is 19.9. The molecule has 2 unspecified atom stereocenters. The van der Waals surface area contributed by atoms with Crippen LogP contribution < -0.4 is 62.0 Å². The summed E-state index contributed by atoms with van der Waals surface area (Å²) in [6, 6.07) is 27.6. The van der Waals surface area contributed by atoms with Gasteiger partial charge in [-0.3, -0.25) is 31.2 Å². The molecule has 0 heterocycles. The van der Waals surface area contributed by atoms with Crippen molar-refractivity contribution < 1.29 is 79.0 Å². The van der Waals surface area contributed by atoms with Gasteiger partial charge in [0.25, 0.3) is 0 Å². The number of anilines is 5. The monoisotopic (exact) mass is 1420 g/mol. The zero-order chi connectivity index (χ0) is 70.9. The van der Waals surface area contributed by atoms with E-state index >= 15 is 0 Å². The molecule has 94 heavy (non-hydrogen) atoms. The Morgan fingerprint density at radius 3 is 1.57 bits per heavy atom. The number of nitrogens with one attached hydrogen (secondary N) is 6. The van der Waals surface area contributed by atoms with Crippen molar-refractivity contribution in [1.82, 2.24) is 37.0 Å². The largest absolute Gasteiger partial charge is 0.494 e. The van der Waals surface area contributed by atoms with Gasteiger partial charge in [0.15, 0.2) is 0 Å². The second-order valence-corrected chi connectivity index (χ2v) is 21.6. The fourth-order valence-electron chi connectivity index (χ4n) is 7.74. The van der Waals surface area contributed by atoms with Gasteiger partial charge in [0.1, 0.15) is 11.4 Å². The minimum atomic E-state index is -0.651. The highest BCUT2D eigenvalue weighted by atomic mass is 79.9. The molecule has 0 saturated heterocycles. The molecule has 12 amide bonds. The van der Waals surface area contributed by atoms with Crippen molar-refractivity contribution in [3.05, 3.63) is 141 Å². The van der Waals surface area contributed by atoms with E-state index in [4.69, 9.17) is 37.4 Å². The summed E-state index contributed by atoms with van der Waals surface area (Å²) in [6.45, 7) is 19.2. The van der Waals surface area contributed by atoms with Crippen molar-refractivity contribution in [2.45, 2.75) is 119 Å². The molecule has 0 radical (unpaired) electrons. The quantitative estimate of drug-likeness (QED) is 0.0220. The summed E-state index contributed by atoms with van der Waals surface area (Å²) in [5.41, 5.74) is 2.98. The van der Waals surface area contributed by atoms with E-state index in [1.165, 1.54) is 43.5 Å². The molecule has 31 heteroatoms. The Hall–Kier alpha value is -8.23. The lowest BCUT2D eigenvalue weighted by Crippen LogP contribution is -2.51. The number of carbonyl (C=O) groups excluding carboxylic acids is 7. The van der Waals surface area contributed by atoms with Crippen LogP contribution in [0.1, 0.15) is 110 Å². The van der Waals surface area contributed by atoms with Gasteiger partial charge < -0.3 is 46.1 Å². The van der Waals surface area contributed by atoms with Crippen molar-refractivity contribution in [2.75, 3.05) is 78.9 Å². The number of para-hydroxylation sites is 3. The maximum absolute atomic E-state index is 11.6. The number of amides is 12. The lowest BCUT2D eigenvalue weighted by atomic mass is 9.92. The van der Waals surface area contributed by atoms with E-state index in [2.05, 4.69) is 47.8 Å². The van der Waals surface area contributed by atoms with Crippen molar-refractivity contribution in [3.63, 3.8) is 0 Å². The van der Waals surface area contributed by atoms with E-state index in [0.29, 0.717) is 103 Å². The fourth-order valence-corrected chi connectivity index (χ4v) is 8.56. The summed E-state index contributed by atoms with van der Waals surface area (Å²) in [6.07, 6.45) is 5.48. The van der Waals surface area contributed by atoms with Crippen molar-refractivity contribution in [2.24, 2.45) is 0 Å². The summed E-state index contributed by atoms with van der Waals surface area (Å²) in [5, 5.41) is 76.9. The fraction of sp³-hybridized carbons (Fsp3) is 0.413. The van der Waals surface area contributed by atoms with Gasteiger partial charge in [-0.15, -0.1) is 0 Å². The highest BCUT2D eigenvalue weighted by Gasteiger charge is 2.32. The first-order valence-electron chi connectivity index (χ1n) is 30.1. The number of nitrogens with zero attached hydrogens (tertiary/aromatic N) is 6. The molecule has 5 aromatic carbocycles. The highest BCUT2D eigenvalue weighted by molar-refractivity contribution is 9.10. The number of rotatable bonds is 18. The van der Waals surface area contributed by atoms with E-state index < -0.39 is 42.2 Å². The third-order valence-electron chi connectivity index (χ3n) is 12.3. The number of esters is 1. The molecule has 0 spiro atoms. The lowest BCUT2D eigenvalue weighted by molar-refractivity contribution is -0.130.